The number of alkyl halides is 3. The number of aliphatic hydroxyl groups excluding tert-OH is 1. The Hall–Kier alpha value is -1.70. The molecule has 0 aliphatic rings. The maximum Gasteiger partial charge on any atom is 0.574 e. The maximum atomic E-state index is 11.9. The second-order valence-corrected chi connectivity index (χ2v) is 2.66. The molecule has 1 aromatic rings. The predicted molar refractivity (Wildman–Crippen MR) is 45.1 cm³/mol. The van der Waals surface area contributed by atoms with Crippen LogP contribution in [0.1, 0.15) is 5.69 Å². The van der Waals surface area contributed by atoms with Crippen molar-refractivity contribution >= 4 is 0 Å². The quantitative estimate of drug-likeness (QED) is 0.828. The molecule has 1 aromatic heterocycles. The first-order chi connectivity index (χ1) is 7.37. The molecule has 0 fully saturated rings. The molecule has 0 aliphatic heterocycles. The Kier molecular flexibility index (Phi) is 3.43. The normalized spacial score (nSPS) is 11.3. The number of aromatic hydroxyl groups is 1. The summed E-state index contributed by atoms with van der Waals surface area (Å²) in [7, 11) is 1.15. The van der Waals surface area contributed by atoms with Crippen LogP contribution in [0.5, 0.6) is 17.4 Å². The lowest BCUT2D eigenvalue weighted by atomic mass is 10.3. The SMILES string of the molecule is COc1cc(OC(F)(F)F)nc(CO)c1O. The van der Waals surface area contributed by atoms with Gasteiger partial charge in [-0.1, -0.05) is 0 Å². The van der Waals surface area contributed by atoms with Crippen molar-refractivity contribution in [2.75, 3.05) is 7.11 Å². The minimum atomic E-state index is -4.90. The molecule has 1 heterocycles. The molecule has 0 saturated heterocycles. The van der Waals surface area contributed by atoms with Crippen LogP contribution in [0.2, 0.25) is 0 Å². The van der Waals surface area contributed by atoms with E-state index in [4.69, 9.17) is 5.11 Å². The van der Waals surface area contributed by atoms with Gasteiger partial charge in [-0.15, -0.1) is 13.2 Å². The molecule has 16 heavy (non-hydrogen) atoms. The van der Waals surface area contributed by atoms with E-state index in [0.29, 0.717) is 0 Å². The smallest absolute Gasteiger partial charge is 0.503 e. The summed E-state index contributed by atoms with van der Waals surface area (Å²) in [6, 6.07) is 0.766. The van der Waals surface area contributed by atoms with E-state index in [1.165, 1.54) is 0 Å². The molecule has 0 unspecified atom stereocenters. The number of hydrogen-bond donors (Lipinski definition) is 2. The van der Waals surface area contributed by atoms with E-state index in [0.717, 1.165) is 13.2 Å². The Labute approximate surface area is 88.1 Å². The van der Waals surface area contributed by atoms with Gasteiger partial charge in [0.05, 0.1) is 13.7 Å². The number of nitrogens with zero attached hydrogens (tertiary/aromatic N) is 1. The van der Waals surface area contributed by atoms with Crippen molar-refractivity contribution in [3.63, 3.8) is 0 Å². The molecular formula is C8H8F3NO4. The molecule has 0 aromatic carbocycles. The van der Waals surface area contributed by atoms with Gasteiger partial charge in [-0.05, 0) is 0 Å². The van der Waals surface area contributed by atoms with E-state index in [1.54, 1.807) is 0 Å². The van der Waals surface area contributed by atoms with Crippen LogP contribution in [0.25, 0.3) is 0 Å². The molecule has 0 bridgehead atoms. The summed E-state index contributed by atoms with van der Waals surface area (Å²) in [5.74, 6) is -1.61. The fourth-order valence-corrected chi connectivity index (χ4v) is 0.978. The lowest BCUT2D eigenvalue weighted by Crippen LogP contribution is -2.18. The van der Waals surface area contributed by atoms with Crippen molar-refractivity contribution in [3.05, 3.63) is 11.8 Å². The summed E-state index contributed by atoms with van der Waals surface area (Å²) >= 11 is 0. The highest BCUT2D eigenvalue weighted by Gasteiger charge is 2.32. The summed E-state index contributed by atoms with van der Waals surface area (Å²) in [5.41, 5.74) is -0.362. The average Bonchev–Trinajstić information content (AvgIpc) is 2.18. The Morgan fingerprint density at radius 3 is 2.50 bits per heavy atom. The van der Waals surface area contributed by atoms with Crippen molar-refractivity contribution in [2.45, 2.75) is 13.0 Å². The Bertz CT molecular complexity index is 355. The van der Waals surface area contributed by atoms with E-state index < -0.39 is 24.6 Å². The highest BCUT2D eigenvalue weighted by Crippen LogP contribution is 2.33. The van der Waals surface area contributed by atoms with Gasteiger partial charge in [-0.3, -0.25) is 0 Å². The van der Waals surface area contributed by atoms with Gasteiger partial charge in [-0.25, -0.2) is 4.98 Å². The van der Waals surface area contributed by atoms with Gasteiger partial charge in [-0.2, -0.15) is 0 Å². The minimum absolute atomic E-state index is 0.265. The zero-order valence-electron chi connectivity index (χ0n) is 8.08. The average molecular weight is 239 g/mol. The number of hydrogen-bond acceptors (Lipinski definition) is 5. The van der Waals surface area contributed by atoms with Crippen LogP contribution in [0.4, 0.5) is 13.2 Å². The zero-order chi connectivity index (χ0) is 12.3. The summed E-state index contributed by atoms with van der Waals surface area (Å²) < 4.78 is 43.8. The van der Waals surface area contributed by atoms with Crippen LogP contribution in [-0.4, -0.2) is 28.7 Å². The predicted octanol–water partition coefficient (Wildman–Crippen LogP) is 1.19. The van der Waals surface area contributed by atoms with Gasteiger partial charge in [0, 0.05) is 6.07 Å². The van der Waals surface area contributed by atoms with Crippen LogP contribution in [0.15, 0.2) is 6.07 Å². The monoisotopic (exact) mass is 239 g/mol. The van der Waals surface area contributed by atoms with E-state index >= 15 is 0 Å². The minimum Gasteiger partial charge on any atom is -0.503 e. The van der Waals surface area contributed by atoms with Gasteiger partial charge in [0.15, 0.2) is 11.5 Å². The fraction of sp³-hybridized carbons (Fsp3) is 0.375. The standard InChI is InChI=1S/C8H8F3NO4/c1-15-5-2-6(16-8(9,10)11)12-4(3-13)7(5)14/h2,13-14H,3H2,1H3. The third-order valence-electron chi connectivity index (χ3n) is 1.60. The number of pyridine rings is 1. The van der Waals surface area contributed by atoms with Crippen molar-refractivity contribution in [1.29, 1.82) is 0 Å². The number of aromatic nitrogens is 1. The molecule has 1 rings (SSSR count). The highest BCUT2D eigenvalue weighted by molar-refractivity contribution is 5.44. The summed E-state index contributed by atoms with van der Waals surface area (Å²) in [5, 5.41) is 18.1. The van der Waals surface area contributed by atoms with E-state index in [-0.39, 0.29) is 11.4 Å². The van der Waals surface area contributed by atoms with Crippen molar-refractivity contribution in [2.24, 2.45) is 0 Å². The number of methoxy groups -OCH3 is 1. The lowest BCUT2D eigenvalue weighted by molar-refractivity contribution is -0.276. The Morgan fingerprint density at radius 2 is 2.06 bits per heavy atom. The van der Waals surface area contributed by atoms with Gasteiger partial charge < -0.3 is 19.7 Å². The van der Waals surface area contributed by atoms with Crippen LogP contribution in [-0.2, 0) is 6.61 Å². The number of ether oxygens (including phenoxy) is 2. The molecule has 0 amide bonds. The summed E-state index contributed by atoms with van der Waals surface area (Å²) in [6.07, 6.45) is -4.90. The van der Waals surface area contributed by atoms with Gasteiger partial charge >= 0.3 is 6.36 Å². The van der Waals surface area contributed by atoms with Gasteiger partial charge in [0.25, 0.3) is 0 Å². The van der Waals surface area contributed by atoms with Gasteiger partial charge in [0.1, 0.15) is 5.69 Å². The van der Waals surface area contributed by atoms with E-state index in [9.17, 15) is 18.3 Å². The van der Waals surface area contributed by atoms with Crippen LogP contribution >= 0.6 is 0 Å². The zero-order valence-corrected chi connectivity index (χ0v) is 8.08. The lowest BCUT2D eigenvalue weighted by Gasteiger charge is -2.11. The maximum absolute atomic E-state index is 11.9. The topological polar surface area (TPSA) is 71.8 Å². The third kappa shape index (κ3) is 2.89. The molecule has 0 atom stereocenters. The first kappa shape index (κ1) is 12.4. The molecule has 5 nitrogen and oxygen atoms in total. The summed E-state index contributed by atoms with van der Waals surface area (Å²) in [4.78, 5) is 3.26. The fourth-order valence-electron chi connectivity index (χ4n) is 0.978. The number of aliphatic hydroxyl groups is 1. The number of rotatable bonds is 3. The second kappa shape index (κ2) is 4.44. The number of halogens is 3. The second-order valence-electron chi connectivity index (χ2n) is 2.66. The van der Waals surface area contributed by atoms with Gasteiger partial charge in [0.2, 0.25) is 5.88 Å². The molecule has 0 radical (unpaired) electrons. The third-order valence-corrected chi connectivity index (χ3v) is 1.60. The largest absolute Gasteiger partial charge is 0.574 e. The Balaban J connectivity index is 3.12. The van der Waals surface area contributed by atoms with Crippen LogP contribution in [0.3, 0.4) is 0 Å². The molecule has 8 heteroatoms. The molecular weight excluding hydrogens is 231 g/mol. The van der Waals surface area contributed by atoms with E-state index in [1.807, 2.05) is 0 Å². The first-order valence-electron chi connectivity index (χ1n) is 4.01. The van der Waals surface area contributed by atoms with Crippen LogP contribution < -0.4 is 9.47 Å². The van der Waals surface area contributed by atoms with E-state index in [2.05, 4.69) is 14.5 Å². The summed E-state index contributed by atoms with van der Waals surface area (Å²) in [6.45, 7) is -0.739. The molecule has 0 spiro atoms. The molecule has 90 valence electrons. The first-order valence-corrected chi connectivity index (χ1v) is 4.01. The Morgan fingerprint density at radius 1 is 1.44 bits per heavy atom. The van der Waals surface area contributed by atoms with Crippen molar-refractivity contribution in [1.82, 2.24) is 4.98 Å². The van der Waals surface area contributed by atoms with Crippen molar-refractivity contribution < 1.29 is 32.9 Å². The molecule has 0 aliphatic carbocycles. The van der Waals surface area contributed by atoms with Crippen LogP contribution in [0, 0.1) is 0 Å². The highest BCUT2D eigenvalue weighted by atomic mass is 19.4. The molecule has 0 saturated carbocycles. The van der Waals surface area contributed by atoms with Crippen molar-refractivity contribution in [3.8, 4) is 17.4 Å². The molecule has 2 N–H and O–H groups in total.